The molecule has 1 fully saturated rings. The van der Waals surface area contributed by atoms with Crippen LogP contribution in [0.15, 0.2) is 12.2 Å². The zero-order valence-corrected chi connectivity index (χ0v) is 5.30. The second-order valence-corrected chi connectivity index (χ2v) is 3.26. The average Bonchev–Trinajstić information content (AvgIpc) is 2.23. The summed E-state index contributed by atoms with van der Waals surface area (Å²) in [5.41, 5.74) is 0. The van der Waals surface area contributed by atoms with E-state index in [9.17, 15) is 0 Å². The Morgan fingerprint density at radius 2 is 2.12 bits per heavy atom. The van der Waals surface area contributed by atoms with Gasteiger partial charge in [-0.25, -0.2) is 0 Å². The number of allylic oxidation sites excluding steroid dienone is 2. The minimum atomic E-state index is 0.958. The largest absolute Gasteiger partial charge is 0.0851 e. The Morgan fingerprint density at radius 3 is 2.38 bits per heavy atom. The highest BCUT2D eigenvalue weighted by atomic mass is 14.4. The van der Waals surface area contributed by atoms with E-state index in [0.29, 0.717) is 0 Å². The molecule has 8 heavy (non-hydrogen) atoms. The second-order valence-electron chi connectivity index (χ2n) is 3.26. The maximum absolute atomic E-state index is 2.40. The van der Waals surface area contributed by atoms with Gasteiger partial charge in [0.15, 0.2) is 0 Å². The minimum absolute atomic E-state index is 0.958. The average molecular weight is 108 g/mol. The molecule has 2 aliphatic rings. The van der Waals surface area contributed by atoms with Crippen LogP contribution in [0.25, 0.3) is 0 Å². The topological polar surface area (TPSA) is 0 Å². The van der Waals surface area contributed by atoms with Crippen LogP contribution in [0.4, 0.5) is 0 Å². The van der Waals surface area contributed by atoms with Crippen LogP contribution in [-0.2, 0) is 0 Å². The van der Waals surface area contributed by atoms with Gasteiger partial charge in [0, 0.05) is 0 Å². The smallest absolute Gasteiger partial charge is 0.0202 e. The molecule has 0 aromatic heterocycles. The molecule has 0 heteroatoms. The Labute approximate surface area is 50.6 Å². The zero-order chi connectivity index (χ0) is 5.56. The predicted octanol–water partition coefficient (Wildman–Crippen LogP) is 2.22. The molecular weight excluding hydrogens is 96.1 g/mol. The molecular formula is C8H12. The lowest BCUT2D eigenvalue weighted by Gasteiger charge is -2.09. The van der Waals surface area contributed by atoms with Crippen molar-refractivity contribution in [2.45, 2.75) is 19.8 Å². The normalized spacial score (nSPS) is 50.9. The van der Waals surface area contributed by atoms with Crippen molar-refractivity contribution in [1.29, 1.82) is 0 Å². The maximum atomic E-state index is 2.40. The molecule has 0 amide bonds. The molecule has 0 radical (unpaired) electrons. The highest BCUT2D eigenvalue weighted by molar-refractivity contribution is 5.08. The molecule has 3 atom stereocenters. The van der Waals surface area contributed by atoms with Crippen LogP contribution in [-0.4, -0.2) is 0 Å². The predicted molar refractivity (Wildman–Crippen MR) is 34.5 cm³/mol. The van der Waals surface area contributed by atoms with Crippen molar-refractivity contribution >= 4 is 0 Å². The molecule has 0 N–H and O–H groups in total. The Bertz CT molecular complexity index is 124. The molecule has 0 nitrogen and oxygen atoms in total. The molecule has 0 heterocycles. The highest BCUT2D eigenvalue weighted by Crippen LogP contribution is 2.42. The highest BCUT2D eigenvalue weighted by Gasteiger charge is 2.32. The number of hydrogen-bond acceptors (Lipinski definition) is 0. The van der Waals surface area contributed by atoms with Crippen molar-refractivity contribution in [3.05, 3.63) is 12.2 Å². The van der Waals surface area contributed by atoms with Gasteiger partial charge in [-0.2, -0.15) is 0 Å². The summed E-state index contributed by atoms with van der Waals surface area (Å²) in [7, 11) is 0. The lowest BCUT2D eigenvalue weighted by atomic mass is 9.96. The summed E-state index contributed by atoms with van der Waals surface area (Å²) in [6, 6.07) is 0. The van der Waals surface area contributed by atoms with Gasteiger partial charge in [-0.15, -0.1) is 0 Å². The molecule has 2 aliphatic carbocycles. The Hall–Kier alpha value is -0.260. The van der Waals surface area contributed by atoms with Crippen LogP contribution in [0, 0.1) is 17.8 Å². The third-order valence-electron chi connectivity index (χ3n) is 2.61. The van der Waals surface area contributed by atoms with E-state index in [2.05, 4.69) is 19.1 Å². The van der Waals surface area contributed by atoms with E-state index < -0.39 is 0 Å². The number of fused-ring (bicyclic) bond motifs is 2. The van der Waals surface area contributed by atoms with E-state index in [1.807, 2.05) is 0 Å². The van der Waals surface area contributed by atoms with Gasteiger partial charge >= 0.3 is 0 Å². The molecule has 0 aliphatic heterocycles. The summed E-state index contributed by atoms with van der Waals surface area (Å²) < 4.78 is 0. The minimum Gasteiger partial charge on any atom is -0.0851 e. The van der Waals surface area contributed by atoms with E-state index in [0.717, 1.165) is 17.8 Å². The van der Waals surface area contributed by atoms with Crippen molar-refractivity contribution in [2.24, 2.45) is 17.8 Å². The van der Waals surface area contributed by atoms with E-state index in [-0.39, 0.29) is 0 Å². The molecule has 0 aromatic rings. The summed E-state index contributed by atoms with van der Waals surface area (Å²) in [5, 5.41) is 0. The summed E-state index contributed by atoms with van der Waals surface area (Å²) >= 11 is 0. The molecule has 0 aromatic carbocycles. The molecule has 0 spiro atoms. The molecule has 2 rings (SSSR count). The maximum Gasteiger partial charge on any atom is -0.0202 e. The van der Waals surface area contributed by atoms with Crippen LogP contribution < -0.4 is 0 Å². The van der Waals surface area contributed by atoms with Crippen LogP contribution >= 0.6 is 0 Å². The van der Waals surface area contributed by atoms with Gasteiger partial charge in [-0.3, -0.25) is 0 Å². The van der Waals surface area contributed by atoms with Crippen molar-refractivity contribution in [2.75, 3.05) is 0 Å². The van der Waals surface area contributed by atoms with Gasteiger partial charge in [0.1, 0.15) is 0 Å². The Morgan fingerprint density at radius 1 is 1.25 bits per heavy atom. The van der Waals surface area contributed by atoms with Gasteiger partial charge in [-0.05, 0) is 30.6 Å². The van der Waals surface area contributed by atoms with Crippen molar-refractivity contribution in [1.82, 2.24) is 0 Å². The number of hydrogen-bond donors (Lipinski definition) is 0. The van der Waals surface area contributed by atoms with Gasteiger partial charge in [0.05, 0.1) is 0 Å². The quantitative estimate of drug-likeness (QED) is 0.417. The van der Waals surface area contributed by atoms with Gasteiger partial charge < -0.3 is 0 Å². The van der Waals surface area contributed by atoms with Crippen LogP contribution in [0.1, 0.15) is 19.8 Å². The van der Waals surface area contributed by atoms with E-state index in [1.165, 1.54) is 12.8 Å². The molecule has 2 bridgehead atoms. The fourth-order valence-electron chi connectivity index (χ4n) is 2.06. The summed E-state index contributed by atoms with van der Waals surface area (Å²) in [6.45, 7) is 2.37. The third kappa shape index (κ3) is 0.460. The molecule has 0 saturated heterocycles. The van der Waals surface area contributed by atoms with Crippen molar-refractivity contribution in [3.8, 4) is 0 Å². The summed E-state index contributed by atoms with van der Waals surface area (Å²) in [5.74, 6) is 2.92. The van der Waals surface area contributed by atoms with Crippen LogP contribution in [0.2, 0.25) is 0 Å². The fourth-order valence-corrected chi connectivity index (χ4v) is 2.06. The van der Waals surface area contributed by atoms with Crippen molar-refractivity contribution < 1.29 is 0 Å². The Kier molecular flexibility index (Phi) is 0.787. The first-order valence-corrected chi connectivity index (χ1v) is 3.54. The van der Waals surface area contributed by atoms with Crippen LogP contribution in [0.5, 0.6) is 0 Å². The lowest BCUT2D eigenvalue weighted by Crippen LogP contribution is -1.99. The van der Waals surface area contributed by atoms with E-state index >= 15 is 0 Å². The second kappa shape index (κ2) is 1.37. The zero-order valence-electron chi connectivity index (χ0n) is 5.30. The SMILES string of the molecule is CC1CC2C=CC1C2. The van der Waals surface area contributed by atoms with Gasteiger partial charge in [0.2, 0.25) is 0 Å². The Balaban J connectivity index is 2.23. The summed E-state index contributed by atoms with van der Waals surface area (Å²) in [6.07, 6.45) is 7.71. The molecule has 3 unspecified atom stereocenters. The van der Waals surface area contributed by atoms with E-state index in [4.69, 9.17) is 0 Å². The van der Waals surface area contributed by atoms with Crippen LogP contribution in [0.3, 0.4) is 0 Å². The monoisotopic (exact) mass is 108 g/mol. The standard InChI is InChI=1S/C8H12/c1-6-4-7-2-3-8(6)5-7/h2-3,6-8H,4-5H2,1H3. The first-order valence-electron chi connectivity index (χ1n) is 3.54. The summed E-state index contributed by atoms with van der Waals surface area (Å²) in [4.78, 5) is 0. The molecule has 44 valence electrons. The van der Waals surface area contributed by atoms with Crippen molar-refractivity contribution in [3.63, 3.8) is 0 Å². The first kappa shape index (κ1) is 4.60. The lowest BCUT2D eigenvalue weighted by molar-refractivity contribution is 0.493. The third-order valence-corrected chi connectivity index (χ3v) is 2.61. The van der Waals surface area contributed by atoms with Gasteiger partial charge in [0.25, 0.3) is 0 Å². The fraction of sp³-hybridized carbons (Fsp3) is 0.750. The van der Waals surface area contributed by atoms with Gasteiger partial charge in [-0.1, -0.05) is 19.1 Å². The number of rotatable bonds is 0. The first-order chi connectivity index (χ1) is 3.86. The van der Waals surface area contributed by atoms with E-state index in [1.54, 1.807) is 0 Å². The molecule has 1 saturated carbocycles.